The largest absolute Gasteiger partial charge is 0.505 e. The predicted octanol–water partition coefficient (Wildman–Crippen LogP) is 6.75. The van der Waals surface area contributed by atoms with Crippen LogP contribution < -0.4 is 14.5 Å². The van der Waals surface area contributed by atoms with Gasteiger partial charge in [0.2, 0.25) is 10.0 Å². The number of anilines is 2. The highest BCUT2D eigenvalue weighted by Crippen LogP contribution is 2.35. The third kappa shape index (κ3) is 6.04. The predicted molar refractivity (Wildman–Crippen MR) is 154 cm³/mol. The normalized spacial score (nSPS) is 12.2. The maximum Gasteiger partial charge on any atom is 0.229 e. The molecule has 0 amide bonds. The number of nitrogens with zero attached hydrogens (tertiary/aromatic N) is 2. The summed E-state index contributed by atoms with van der Waals surface area (Å²) in [6.07, 6.45) is 1.04. The summed E-state index contributed by atoms with van der Waals surface area (Å²) >= 11 is 0. The molecule has 0 fully saturated rings. The fraction of sp³-hybridized carbons (Fsp3) is 0.143. The summed E-state index contributed by atoms with van der Waals surface area (Å²) < 4.78 is 74.3. The number of ether oxygens (including phenoxy) is 1. The molecule has 1 heterocycles. The van der Waals surface area contributed by atoms with Crippen LogP contribution in [-0.2, 0) is 10.0 Å². The van der Waals surface area contributed by atoms with Crippen molar-refractivity contribution in [3.63, 3.8) is 0 Å². The third-order valence-electron chi connectivity index (χ3n) is 6.16. The Balaban J connectivity index is 1.67. The topological polar surface area (TPSA) is 131 Å². The fourth-order valence-electron chi connectivity index (χ4n) is 4.19. The van der Waals surface area contributed by atoms with Crippen LogP contribution in [0.3, 0.4) is 0 Å². The lowest BCUT2D eigenvalue weighted by molar-refractivity contribution is 0.405. The Bertz CT molecular complexity index is 1810. The second kappa shape index (κ2) is 11.0. The van der Waals surface area contributed by atoms with E-state index in [1.165, 1.54) is 26.0 Å². The van der Waals surface area contributed by atoms with E-state index in [0.29, 0.717) is 22.2 Å². The van der Waals surface area contributed by atoms with Gasteiger partial charge >= 0.3 is 0 Å². The summed E-state index contributed by atoms with van der Waals surface area (Å²) in [6.45, 7) is 8.06. The maximum absolute atomic E-state index is 15.3. The van der Waals surface area contributed by atoms with Crippen molar-refractivity contribution in [2.24, 2.45) is 5.10 Å². The molecule has 0 saturated carbocycles. The van der Waals surface area contributed by atoms with Crippen molar-refractivity contribution in [2.75, 3.05) is 16.0 Å². The quantitative estimate of drug-likeness (QED) is 0.0786. The van der Waals surface area contributed by atoms with Crippen molar-refractivity contribution in [2.45, 2.75) is 20.8 Å². The van der Waals surface area contributed by atoms with E-state index < -0.39 is 39.1 Å². The number of hydrogen-bond acceptors (Lipinski definition) is 6. The number of hydrogen-bond donors (Lipinski definition) is 4. The van der Waals surface area contributed by atoms with Crippen LogP contribution in [0.15, 0.2) is 59.2 Å². The van der Waals surface area contributed by atoms with Gasteiger partial charge in [-0.1, -0.05) is 6.07 Å². The van der Waals surface area contributed by atoms with Gasteiger partial charge in [0.15, 0.2) is 29.0 Å². The first kappa shape index (κ1) is 29.2. The van der Waals surface area contributed by atoms with E-state index in [4.69, 9.17) is 10.1 Å². The van der Waals surface area contributed by atoms with Gasteiger partial charge in [0, 0.05) is 29.3 Å². The van der Waals surface area contributed by atoms with Crippen LogP contribution >= 0.6 is 0 Å². The summed E-state index contributed by atoms with van der Waals surface area (Å²) in [5, 5.41) is 24.9. The first-order chi connectivity index (χ1) is 19.2. The molecule has 214 valence electrons. The second-order valence-corrected chi connectivity index (χ2v) is 11.1. The smallest absolute Gasteiger partial charge is 0.229 e. The number of benzene rings is 3. The van der Waals surface area contributed by atoms with Crippen molar-refractivity contribution < 1.29 is 31.4 Å². The summed E-state index contributed by atoms with van der Waals surface area (Å²) in [7, 11) is -3.52. The van der Waals surface area contributed by atoms with E-state index in [2.05, 4.69) is 21.5 Å². The van der Waals surface area contributed by atoms with Gasteiger partial charge < -0.3 is 14.8 Å². The highest BCUT2D eigenvalue weighted by atomic mass is 32.2. The zero-order valence-corrected chi connectivity index (χ0v) is 23.3. The second-order valence-electron chi connectivity index (χ2n) is 9.31. The molecule has 41 heavy (non-hydrogen) atoms. The fourth-order valence-corrected chi connectivity index (χ4v) is 4.81. The van der Waals surface area contributed by atoms with Crippen LogP contribution in [0, 0.1) is 36.7 Å². The molecule has 1 aromatic heterocycles. The van der Waals surface area contributed by atoms with Crippen LogP contribution in [0.4, 0.5) is 24.5 Å². The van der Waals surface area contributed by atoms with Gasteiger partial charge in [-0.25, -0.2) is 26.6 Å². The number of nitrogens with one attached hydrogen (secondary N) is 3. The Kier molecular flexibility index (Phi) is 7.84. The van der Waals surface area contributed by atoms with E-state index in [0.717, 1.165) is 29.5 Å². The lowest BCUT2D eigenvalue weighted by atomic mass is 10.1. The van der Waals surface area contributed by atoms with Gasteiger partial charge in [-0.05, 0) is 68.3 Å². The molecule has 0 unspecified atom stereocenters. The van der Waals surface area contributed by atoms with Crippen LogP contribution in [0.1, 0.15) is 23.7 Å². The van der Waals surface area contributed by atoms with Gasteiger partial charge in [0.25, 0.3) is 0 Å². The molecule has 0 saturated heterocycles. The van der Waals surface area contributed by atoms with E-state index in [1.807, 2.05) is 0 Å². The Hall–Kier alpha value is -4.78. The number of sulfonamides is 1. The lowest BCUT2D eigenvalue weighted by Crippen LogP contribution is -2.27. The van der Waals surface area contributed by atoms with Crippen LogP contribution in [-0.4, -0.2) is 37.3 Å². The average Bonchev–Trinajstić information content (AvgIpc) is 3.29. The Morgan fingerprint density at radius 1 is 1.07 bits per heavy atom. The first-order valence-corrected chi connectivity index (χ1v) is 13.9. The van der Waals surface area contributed by atoms with Gasteiger partial charge in [0.05, 0.1) is 17.6 Å². The summed E-state index contributed by atoms with van der Waals surface area (Å²) in [4.78, 5) is 2.99. The molecule has 0 aliphatic rings. The van der Waals surface area contributed by atoms with Gasteiger partial charge in [0.1, 0.15) is 17.2 Å². The molecule has 4 rings (SSSR count). The number of amidine groups is 1. The zero-order chi connectivity index (χ0) is 30.2. The van der Waals surface area contributed by atoms with Gasteiger partial charge in [-0.15, -0.1) is 0 Å². The number of aliphatic hydroxyl groups excluding tert-OH is 1. The number of hydrazone groups is 1. The maximum atomic E-state index is 15.3. The van der Waals surface area contributed by atoms with Crippen molar-refractivity contribution >= 4 is 50.6 Å². The molecular weight excluding hydrogens is 559 g/mol. The highest BCUT2D eigenvalue weighted by molar-refractivity contribution is 7.92. The number of aromatic amines is 1. The number of aliphatic hydroxyl groups is 1. The Morgan fingerprint density at radius 3 is 2.32 bits per heavy atom. The SMILES string of the molecule is C=NN(C(=N)C(C)=C(O)c1cc2cc(C)c(NS(C)(=O)=O)cc2[nH]1)c1c(C)cc(Oc2c(F)cccc2F)cc1F. The average molecular weight is 586 g/mol. The molecule has 13 heteroatoms. The monoisotopic (exact) mass is 585 g/mol. The minimum Gasteiger partial charge on any atom is -0.505 e. The molecule has 0 aliphatic carbocycles. The number of halogens is 3. The third-order valence-corrected chi connectivity index (χ3v) is 6.75. The van der Waals surface area contributed by atoms with Gasteiger partial charge in [-0.2, -0.15) is 5.10 Å². The van der Waals surface area contributed by atoms with Crippen LogP contribution in [0.5, 0.6) is 11.5 Å². The van der Waals surface area contributed by atoms with Crippen molar-refractivity contribution in [3.05, 3.63) is 88.4 Å². The lowest BCUT2D eigenvalue weighted by Gasteiger charge is -2.23. The minimum absolute atomic E-state index is 0.00252. The van der Waals surface area contributed by atoms with Gasteiger partial charge in [-0.3, -0.25) is 10.1 Å². The van der Waals surface area contributed by atoms with E-state index in [9.17, 15) is 22.3 Å². The van der Waals surface area contributed by atoms with Crippen LogP contribution in [0.2, 0.25) is 0 Å². The molecule has 4 N–H and O–H groups in total. The number of fused-ring (bicyclic) bond motifs is 1. The van der Waals surface area contributed by atoms with E-state index in [-0.39, 0.29) is 34.0 Å². The number of para-hydroxylation sites is 1. The molecule has 4 aromatic rings. The standard InChI is InChI=1S/C28H26F3N5O4S/c1-14-9-17-11-24(34-23(17)13-22(14)35-41(5,38)39)26(37)16(3)28(32)36(33-4)25-15(2)10-18(12-21(25)31)40-27-19(29)7-6-8-20(27)30/h6-13,32,34-35,37H,4H2,1-3,5H3. The molecule has 3 aromatic carbocycles. The molecule has 9 nitrogen and oxygen atoms in total. The van der Waals surface area contributed by atoms with Crippen molar-refractivity contribution in [3.8, 4) is 11.5 Å². The molecule has 0 atom stereocenters. The number of rotatable bonds is 8. The van der Waals surface area contributed by atoms with Crippen molar-refractivity contribution in [1.82, 2.24) is 4.98 Å². The molecule has 0 radical (unpaired) electrons. The molecule has 0 spiro atoms. The molecular formula is C28H26F3N5O4S. The first-order valence-electron chi connectivity index (χ1n) is 12.0. The van der Waals surface area contributed by atoms with E-state index in [1.54, 1.807) is 25.1 Å². The Labute approximate surface area is 234 Å². The summed E-state index contributed by atoms with van der Waals surface area (Å²) in [5.41, 5.74) is 1.76. The highest BCUT2D eigenvalue weighted by Gasteiger charge is 2.24. The zero-order valence-electron chi connectivity index (χ0n) is 22.4. The van der Waals surface area contributed by atoms with Crippen LogP contribution in [0.25, 0.3) is 16.7 Å². The van der Waals surface area contributed by atoms with E-state index >= 15 is 4.39 Å². The molecule has 0 bridgehead atoms. The van der Waals surface area contributed by atoms with Crippen molar-refractivity contribution in [1.29, 1.82) is 5.41 Å². The number of H-pyrrole nitrogens is 1. The summed E-state index contributed by atoms with van der Waals surface area (Å²) in [6, 6.07) is 10.3. The number of aromatic nitrogens is 1. The minimum atomic E-state index is -3.52. The summed E-state index contributed by atoms with van der Waals surface area (Å²) in [5.74, 6) is -4.48. The Morgan fingerprint density at radius 2 is 1.73 bits per heavy atom. The number of aryl methyl sites for hydroxylation is 2. The molecule has 0 aliphatic heterocycles.